The minimum absolute atomic E-state index is 0.274. The van der Waals surface area contributed by atoms with E-state index in [2.05, 4.69) is 10.5 Å². The average Bonchev–Trinajstić information content (AvgIpc) is 2.26. The third kappa shape index (κ3) is 2.87. The monoisotopic (exact) mass is 252 g/mol. The van der Waals surface area contributed by atoms with Gasteiger partial charge in [0.1, 0.15) is 12.1 Å². The van der Waals surface area contributed by atoms with Gasteiger partial charge in [-0.2, -0.15) is 15.6 Å². The van der Waals surface area contributed by atoms with Crippen LogP contribution in [0.2, 0.25) is 10.0 Å². The molecule has 0 aliphatic rings. The molecule has 0 aromatic heterocycles. The Morgan fingerprint density at radius 1 is 1.25 bits per heavy atom. The first kappa shape index (κ1) is 12.3. The minimum atomic E-state index is -0.274. The maximum absolute atomic E-state index is 8.47. The summed E-state index contributed by atoms with van der Waals surface area (Å²) < 4.78 is 0. The summed E-state index contributed by atoms with van der Waals surface area (Å²) in [4.78, 5) is 0. The van der Waals surface area contributed by atoms with Crippen LogP contribution < -0.4 is 5.43 Å². The van der Waals surface area contributed by atoms with Crippen molar-refractivity contribution in [3.05, 3.63) is 27.7 Å². The Morgan fingerprint density at radius 2 is 1.88 bits per heavy atom. The third-order valence-corrected chi connectivity index (χ3v) is 2.47. The van der Waals surface area contributed by atoms with Crippen LogP contribution >= 0.6 is 23.2 Å². The number of hydrogen-bond donors (Lipinski definition) is 1. The van der Waals surface area contributed by atoms with E-state index in [-0.39, 0.29) is 5.71 Å². The Morgan fingerprint density at radius 3 is 2.44 bits per heavy atom. The quantitative estimate of drug-likeness (QED) is 0.650. The van der Waals surface area contributed by atoms with Crippen molar-refractivity contribution in [1.29, 1.82) is 10.5 Å². The van der Waals surface area contributed by atoms with E-state index in [1.54, 1.807) is 24.3 Å². The van der Waals surface area contributed by atoms with Crippen molar-refractivity contribution >= 4 is 34.6 Å². The van der Waals surface area contributed by atoms with E-state index in [1.807, 2.05) is 6.92 Å². The molecule has 0 heterocycles. The van der Waals surface area contributed by atoms with Crippen molar-refractivity contribution in [2.75, 3.05) is 5.43 Å². The molecular weight excluding hydrogens is 247 g/mol. The number of anilines is 1. The van der Waals surface area contributed by atoms with Gasteiger partial charge < -0.3 is 0 Å². The maximum atomic E-state index is 8.47. The summed E-state index contributed by atoms with van der Waals surface area (Å²) in [6, 6.07) is 6.49. The van der Waals surface area contributed by atoms with E-state index >= 15 is 0 Å². The van der Waals surface area contributed by atoms with Gasteiger partial charge >= 0.3 is 0 Å². The van der Waals surface area contributed by atoms with Crippen molar-refractivity contribution in [3.63, 3.8) is 0 Å². The predicted molar refractivity (Wildman–Crippen MR) is 63.5 cm³/mol. The largest absolute Gasteiger partial charge is 0.275 e. The zero-order valence-electron chi connectivity index (χ0n) is 8.25. The number of nitriles is 2. The highest BCUT2D eigenvalue weighted by Gasteiger charge is 2.04. The van der Waals surface area contributed by atoms with Gasteiger partial charge in [0.2, 0.25) is 5.71 Å². The van der Waals surface area contributed by atoms with Crippen molar-refractivity contribution in [3.8, 4) is 12.1 Å². The summed E-state index contributed by atoms with van der Waals surface area (Å²) >= 11 is 11.7. The van der Waals surface area contributed by atoms with Crippen LogP contribution in [-0.4, -0.2) is 5.71 Å². The van der Waals surface area contributed by atoms with E-state index in [0.29, 0.717) is 15.7 Å². The van der Waals surface area contributed by atoms with E-state index in [0.717, 1.165) is 5.56 Å². The molecule has 0 aliphatic heterocycles. The van der Waals surface area contributed by atoms with Gasteiger partial charge in [-0.15, -0.1) is 0 Å². The average molecular weight is 253 g/mol. The number of hydrogen-bond acceptors (Lipinski definition) is 4. The van der Waals surface area contributed by atoms with Crippen LogP contribution in [0.15, 0.2) is 17.2 Å². The molecule has 16 heavy (non-hydrogen) atoms. The summed E-state index contributed by atoms with van der Waals surface area (Å²) in [5.41, 5.74) is 3.57. The lowest BCUT2D eigenvalue weighted by Gasteiger charge is -2.05. The molecule has 0 atom stereocenters. The smallest absolute Gasteiger partial charge is 0.237 e. The Kier molecular flexibility index (Phi) is 4.13. The standard InChI is InChI=1S/C10H6Cl2N4/c1-6-2-10(9(12)3-8(6)11)16-15-7(4-13)5-14/h2-3,16H,1H3. The lowest BCUT2D eigenvalue weighted by molar-refractivity contribution is 1.32. The second kappa shape index (κ2) is 5.37. The van der Waals surface area contributed by atoms with Gasteiger partial charge in [-0.1, -0.05) is 23.2 Å². The first-order chi connectivity index (χ1) is 7.58. The van der Waals surface area contributed by atoms with Gasteiger partial charge in [-0.05, 0) is 24.6 Å². The van der Waals surface area contributed by atoms with Crippen LogP contribution in [-0.2, 0) is 0 Å². The summed E-state index contributed by atoms with van der Waals surface area (Å²) in [5, 5.41) is 21.4. The number of benzene rings is 1. The molecule has 4 nitrogen and oxygen atoms in total. The second-order valence-corrected chi connectivity index (χ2v) is 3.69. The summed E-state index contributed by atoms with van der Waals surface area (Å²) in [5.74, 6) is 0. The lowest BCUT2D eigenvalue weighted by atomic mass is 10.2. The molecule has 1 aromatic carbocycles. The molecule has 0 saturated carbocycles. The first-order valence-electron chi connectivity index (χ1n) is 4.18. The fourth-order valence-corrected chi connectivity index (χ4v) is 1.36. The van der Waals surface area contributed by atoms with Crippen LogP contribution in [0.1, 0.15) is 5.56 Å². The first-order valence-corrected chi connectivity index (χ1v) is 4.93. The predicted octanol–water partition coefficient (Wildman–Crippen LogP) is 3.12. The fraction of sp³-hybridized carbons (Fsp3) is 0.100. The van der Waals surface area contributed by atoms with Gasteiger partial charge in [0.25, 0.3) is 0 Å². The third-order valence-electron chi connectivity index (χ3n) is 1.75. The van der Waals surface area contributed by atoms with Gasteiger partial charge in [0.15, 0.2) is 0 Å². The second-order valence-electron chi connectivity index (χ2n) is 2.88. The topological polar surface area (TPSA) is 72.0 Å². The van der Waals surface area contributed by atoms with E-state index in [1.165, 1.54) is 0 Å². The number of nitrogens with one attached hydrogen (secondary N) is 1. The summed E-state index contributed by atoms with van der Waals surface area (Å²) in [6.45, 7) is 1.81. The molecule has 0 unspecified atom stereocenters. The Balaban J connectivity index is 3.01. The SMILES string of the molecule is Cc1cc(NN=C(C#N)C#N)c(Cl)cc1Cl. The Hall–Kier alpha value is -1.75. The molecule has 0 amide bonds. The molecule has 80 valence electrons. The maximum Gasteiger partial charge on any atom is 0.237 e. The van der Waals surface area contributed by atoms with Gasteiger partial charge in [-0.3, -0.25) is 5.43 Å². The minimum Gasteiger partial charge on any atom is -0.275 e. The summed E-state index contributed by atoms with van der Waals surface area (Å²) in [7, 11) is 0. The van der Waals surface area contributed by atoms with Crippen molar-refractivity contribution < 1.29 is 0 Å². The molecular formula is C10H6Cl2N4. The van der Waals surface area contributed by atoms with Crippen molar-refractivity contribution in [2.24, 2.45) is 5.10 Å². The molecule has 0 saturated heterocycles. The van der Waals surface area contributed by atoms with Gasteiger partial charge in [0.05, 0.1) is 10.7 Å². The Bertz CT molecular complexity index is 507. The van der Waals surface area contributed by atoms with Crippen LogP contribution in [0.4, 0.5) is 5.69 Å². The zero-order chi connectivity index (χ0) is 12.1. The number of hydrazone groups is 1. The molecule has 0 radical (unpaired) electrons. The lowest BCUT2D eigenvalue weighted by Crippen LogP contribution is -1.97. The zero-order valence-corrected chi connectivity index (χ0v) is 9.76. The van der Waals surface area contributed by atoms with E-state index in [9.17, 15) is 0 Å². The highest BCUT2D eigenvalue weighted by atomic mass is 35.5. The molecule has 6 heteroatoms. The van der Waals surface area contributed by atoms with Crippen LogP contribution in [0.3, 0.4) is 0 Å². The van der Waals surface area contributed by atoms with E-state index < -0.39 is 0 Å². The van der Waals surface area contributed by atoms with E-state index in [4.69, 9.17) is 33.7 Å². The number of rotatable bonds is 2. The van der Waals surface area contributed by atoms with Gasteiger partial charge in [-0.25, -0.2) is 0 Å². The summed E-state index contributed by atoms with van der Waals surface area (Å²) in [6.07, 6.45) is 0. The normalized spacial score (nSPS) is 8.81. The molecule has 0 bridgehead atoms. The van der Waals surface area contributed by atoms with Crippen molar-refractivity contribution in [1.82, 2.24) is 0 Å². The molecule has 0 spiro atoms. The van der Waals surface area contributed by atoms with Crippen LogP contribution in [0.25, 0.3) is 0 Å². The van der Waals surface area contributed by atoms with Crippen LogP contribution in [0, 0.1) is 29.6 Å². The number of aryl methyl sites for hydroxylation is 1. The molecule has 1 aromatic rings. The highest BCUT2D eigenvalue weighted by Crippen LogP contribution is 2.28. The Labute approximate surface area is 103 Å². The van der Waals surface area contributed by atoms with Gasteiger partial charge in [0, 0.05) is 5.02 Å². The fourth-order valence-electron chi connectivity index (χ4n) is 0.934. The van der Waals surface area contributed by atoms with Crippen molar-refractivity contribution in [2.45, 2.75) is 6.92 Å². The highest BCUT2D eigenvalue weighted by molar-refractivity contribution is 6.36. The number of halogens is 2. The molecule has 0 fully saturated rings. The molecule has 1 N–H and O–H groups in total. The van der Waals surface area contributed by atoms with Crippen LogP contribution in [0.5, 0.6) is 0 Å². The molecule has 0 aliphatic carbocycles. The number of nitrogens with zero attached hydrogens (tertiary/aromatic N) is 3. The molecule has 1 rings (SSSR count).